The number of aryl methyl sites for hydroxylation is 2. The summed E-state index contributed by atoms with van der Waals surface area (Å²) in [6.45, 7) is 2.30. The summed E-state index contributed by atoms with van der Waals surface area (Å²) >= 11 is 0. The summed E-state index contributed by atoms with van der Waals surface area (Å²) in [6.07, 6.45) is 2.48. The molecule has 2 aromatic carbocycles. The first-order valence-corrected chi connectivity index (χ1v) is 10.6. The molecule has 160 valence electrons. The largest absolute Gasteiger partial charge is 0.353 e. The van der Waals surface area contributed by atoms with E-state index in [9.17, 15) is 14.4 Å². The molecule has 1 fully saturated rings. The van der Waals surface area contributed by atoms with Crippen LogP contribution < -0.4 is 16.2 Å². The van der Waals surface area contributed by atoms with Crippen molar-refractivity contribution in [2.75, 3.05) is 0 Å². The Hall–Kier alpha value is -3.48. The van der Waals surface area contributed by atoms with Crippen LogP contribution in [-0.4, -0.2) is 27.4 Å². The molecule has 7 nitrogen and oxygen atoms in total. The first-order chi connectivity index (χ1) is 15.0. The molecule has 1 saturated carbocycles. The zero-order chi connectivity index (χ0) is 21.8. The van der Waals surface area contributed by atoms with Gasteiger partial charge in [-0.2, -0.15) is 0 Å². The minimum Gasteiger partial charge on any atom is -0.353 e. The monoisotopic (exact) mass is 418 g/mol. The van der Waals surface area contributed by atoms with Gasteiger partial charge in [0.15, 0.2) is 0 Å². The topological polar surface area (TPSA) is 93.1 Å². The molecule has 1 aromatic heterocycles. The smallest absolute Gasteiger partial charge is 0.273 e. The maximum absolute atomic E-state index is 13.1. The van der Waals surface area contributed by atoms with Crippen LogP contribution >= 0.6 is 0 Å². The Morgan fingerprint density at radius 3 is 2.55 bits per heavy atom. The number of nitrogens with zero attached hydrogens (tertiary/aromatic N) is 2. The van der Waals surface area contributed by atoms with E-state index in [1.54, 1.807) is 6.07 Å². The summed E-state index contributed by atoms with van der Waals surface area (Å²) in [5.74, 6) is -0.323. The Bertz CT molecular complexity index is 1160. The van der Waals surface area contributed by atoms with E-state index in [4.69, 9.17) is 0 Å². The van der Waals surface area contributed by atoms with Crippen LogP contribution in [0.4, 0.5) is 0 Å². The van der Waals surface area contributed by atoms with Crippen LogP contribution in [-0.2, 0) is 29.1 Å². The zero-order valence-corrected chi connectivity index (χ0v) is 17.6. The van der Waals surface area contributed by atoms with Crippen molar-refractivity contribution in [3.8, 4) is 0 Å². The van der Waals surface area contributed by atoms with Crippen LogP contribution in [0.3, 0.4) is 0 Å². The van der Waals surface area contributed by atoms with Gasteiger partial charge in [0.05, 0.1) is 11.0 Å². The molecule has 2 amide bonds. The number of amides is 2. The number of fused-ring (bicyclic) bond motifs is 1. The molecule has 0 bridgehead atoms. The van der Waals surface area contributed by atoms with Gasteiger partial charge >= 0.3 is 0 Å². The molecule has 0 radical (unpaired) electrons. The van der Waals surface area contributed by atoms with E-state index in [0.717, 1.165) is 24.0 Å². The summed E-state index contributed by atoms with van der Waals surface area (Å²) in [5, 5.41) is 5.80. The van der Waals surface area contributed by atoms with E-state index in [0.29, 0.717) is 23.3 Å². The predicted octanol–water partition coefficient (Wildman–Crippen LogP) is 2.23. The Balaban J connectivity index is 1.50. The highest BCUT2D eigenvalue weighted by Gasteiger charge is 2.23. The first-order valence-electron chi connectivity index (χ1n) is 10.6. The molecular formula is C24H26N4O3. The lowest BCUT2D eigenvalue weighted by Crippen LogP contribution is -2.34. The van der Waals surface area contributed by atoms with Crippen molar-refractivity contribution in [3.05, 3.63) is 75.7 Å². The van der Waals surface area contributed by atoms with Crippen LogP contribution in [0.5, 0.6) is 0 Å². The predicted molar refractivity (Wildman–Crippen MR) is 119 cm³/mol. The number of benzene rings is 2. The highest BCUT2D eigenvalue weighted by Crippen LogP contribution is 2.18. The number of rotatable bonds is 8. The number of hydrogen-bond acceptors (Lipinski definition) is 4. The van der Waals surface area contributed by atoms with Gasteiger partial charge in [-0.3, -0.25) is 19.0 Å². The van der Waals surface area contributed by atoms with E-state index in [-0.39, 0.29) is 42.8 Å². The lowest BCUT2D eigenvalue weighted by atomic mass is 10.1. The average molecular weight is 418 g/mol. The van der Waals surface area contributed by atoms with Crippen molar-refractivity contribution in [1.29, 1.82) is 0 Å². The van der Waals surface area contributed by atoms with E-state index in [1.807, 2.05) is 49.4 Å². The van der Waals surface area contributed by atoms with Gasteiger partial charge in [-0.15, -0.1) is 0 Å². The number of para-hydroxylation sites is 2. The third-order valence-corrected chi connectivity index (χ3v) is 5.36. The van der Waals surface area contributed by atoms with Gasteiger partial charge in [0.2, 0.25) is 11.8 Å². The van der Waals surface area contributed by atoms with E-state index >= 15 is 0 Å². The summed E-state index contributed by atoms with van der Waals surface area (Å²) in [7, 11) is 0. The third-order valence-electron chi connectivity index (χ3n) is 5.36. The van der Waals surface area contributed by atoms with Crippen LogP contribution in [0.15, 0.2) is 53.3 Å². The van der Waals surface area contributed by atoms with Crippen molar-refractivity contribution in [1.82, 2.24) is 20.2 Å². The van der Waals surface area contributed by atoms with Crippen molar-refractivity contribution in [3.63, 3.8) is 0 Å². The van der Waals surface area contributed by atoms with Crippen LogP contribution in [0.25, 0.3) is 11.0 Å². The number of aromatic nitrogens is 2. The average Bonchev–Trinajstić information content (AvgIpc) is 3.58. The van der Waals surface area contributed by atoms with Gasteiger partial charge < -0.3 is 10.6 Å². The third kappa shape index (κ3) is 5.36. The molecule has 0 atom stereocenters. The molecule has 1 aliphatic carbocycles. The summed E-state index contributed by atoms with van der Waals surface area (Å²) in [4.78, 5) is 42.2. The maximum atomic E-state index is 13.1. The molecule has 0 unspecified atom stereocenters. The highest BCUT2D eigenvalue weighted by molar-refractivity contribution is 5.80. The van der Waals surface area contributed by atoms with E-state index in [1.165, 1.54) is 4.57 Å². The van der Waals surface area contributed by atoms with Crippen molar-refractivity contribution in [2.45, 2.75) is 51.7 Å². The molecule has 3 aromatic rings. The van der Waals surface area contributed by atoms with Gasteiger partial charge in [-0.05, 0) is 37.5 Å². The SMILES string of the molecule is Cc1ccc(CNC(=O)Cn2c(=O)c(CCC(=O)NC3CC3)nc3ccccc32)cc1. The standard InChI is InChI=1S/C24H26N4O3/c1-16-6-8-17(9-7-16)14-25-23(30)15-28-21-5-3-2-4-19(21)27-20(24(28)31)12-13-22(29)26-18-10-11-18/h2-9,18H,10-15H2,1H3,(H,25,30)(H,26,29). The van der Waals surface area contributed by atoms with Gasteiger partial charge in [-0.1, -0.05) is 42.0 Å². The van der Waals surface area contributed by atoms with Gasteiger partial charge in [0.1, 0.15) is 12.2 Å². The number of carbonyl (C=O) groups excluding carboxylic acids is 2. The summed E-state index contributed by atoms with van der Waals surface area (Å²) in [6, 6.07) is 15.4. The Labute approximate surface area is 180 Å². The van der Waals surface area contributed by atoms with Gasteiger partial charge in [0.25, 0.3) is 5.56 Å². The van der Waals surface area contributed by atoms with Crippen LogP contribution in [0.2, 0.25) is 0 Å². The molecule has 4 rings (SSSR count). The summed E-state index contributed by atoms with van der Waals surface area (Å²) in [5.41, 5.74) is 3.35. The first kappa shape index (κ1) is 20.8. The van der Waals surface area contributed by atoms with Crippen molar-refractivity contribution >= 4 is 22.8 Å². The molecule has 0 spiro atoms. The van der Waals surface area contributed by atoms with Crippen molar-refractivity contribution in [2.24, 2.45) is 0 Å². The second kappa shape index (κ2) is 9.12. The molecule has 0 saturated heterocycles. The van der Waals surface area contributed by atoms with E-state index in [2.05, 4.69) is 15.6 Å². The van der Waals surface area contributed by atoms with Crippen molar-refractivity contribution < 1.29 is 9.59 Å². The highest BCUT2D eigenvalue weighted by atomic mass is 16.2. The second-order valence-corrected chi connectivity index (χ2v) is 8.04. The van der Waals surface area contributed by atoms with Gasteiger partial charge in [0, 0.05) is 25.4 Å². The van der Waals surface area contributed by atoms with Crippen LogP contribution in [0, 0.1) is 6.92 Å². The number of hydrogen-bond donors (Lipinski definition) is 2. The van der Waals surface area contributed by atoms with E-state index < -0.39 is 0 Å². The minimum absolute atomic E-state index is 0.0701. The Morgan fingerprint density at radius 1 is 1.06 bits per heavy atom. The molecule has 7 heteroatoms. The number of carbonyl (C=O) groups is 2. The number of nitrogens with one attached hydrogen (secondary N) is 2. The normalized spacial score (nSPS) is 13.2. The Kier molecular flexibility index (Phi) is 6.11. The fourth-order valence-electron chi connectivity index (χ4n) is 3.43. The molecule has 1 heterocycles. The maximum Gasteiger partial charge on any atom is 0.273 e. The summed E-state index contributed by atoms with van der Waals surface area (Å²) < 4.78 is 1.45. The van der Waals surface area contributed by atoms with Crippen LogP contribution in [0.1, 0.15) is 36.1 Å². The fourth-order valence-corrected chi connectivity index (χ4v) is 3.43. The minimum atomic E-state index is -0.330. The zero-order valence-electron chi connectivity index (χ0n) is 17.6. The molecular weight excluding hydrogens is 392 g/mol. The fraction of sp³-hybridized carbons (Fsp3) is 0.333. The lowest BCUT2D eigenvalue weighted by Gasteiger charge is -2.13. The molecule has 1 aliphatic rings. The second-order valence-electron chi connectivity index (χ2n) is 8.04. The molecule has 2 N–H and O–H groups in total. The molecule has 31 heavy (non-hydrogen) atoms. The van der Waals surface area contributed by atoms with Gasteiger partial charge in [-0.25, -0.2) is 4.98 Å². The Morgan fingerprint density at radius 2 is 1.81 bits per heavy atom. The quantitative estimate of drug-likeness (QED) is 0.587. The lowest BCUT2D eigenvalue weighted by molar-refractivity contribution is -0.122. The molecule has 0 aliphatic heterocycles.